The van der Waals surface area contributed by atoms with Gasteiger partial charge in [-0.25, -0.2) is 13.2 Å². The molecule has 0 saturated heterocycles. The fourth-order valence-corrected chi connectivity index (χ4v) is 1.23. The maximum Gasteiger partial charge on any atom is 0.195 e. The largest absolute Gasteiger partial charge is 0.293 e. The number of hydrogen-bond acceptors (Lipinski definition) is 1. The van der Waals surface area contributed by atoms with E-state index in [0.29, 0.717) is 6.42 Å². The van der Waals surface area contributed by atoms with E-state index in [1.807, 2.05) is 0 Å². The van der Waals surface area contributed by atoms with Gasteiger partial charge in [-0.3, -0.25) is 4.79 Å². The standard InChI is InChI=1S/C12H13F3O/c1-4-12(2,3)11(16)7-5-6-8(13)10(15)9(7)14/h5-6H,4H2,1-3H3. The van der Waals surface area contributed by atoms with Gasteiger partial charge in [0.05, 0.1) is 5.56 Å². The monoisotopic (exact) mass is 230 g/mol. The maximum absolute atomic E-state index is 13.3. The fraction of sp³-hybridized carbons (Fsp3) is 0.417. The normalized spacial score (nSPS) is 11.6. The molecule has 0 amide bonds. The van der Waals surface area contributed by atoms with Gasteiger partial charge in [0.25, 0.3) is 0 Å². The number of halogens is 3. The third-order valence-electron chi connectivity index (χ3n) is 2.78. The van der Waals surface area contributed by atoms with Crippen LogP contribution in [0.4, 0.5) is 13.2 Å². The lowest BCUT2D eigenvalue weighted by Crippen LogP contribution is -2.24. The molecule has 0 saturated carbocycles. The lowest BCUT2D eigenvalue weighted by molar-refractivity contribution is 0.0827. The number of rotatable bonds is 3. The molecular formula is C12H13F3O. The number of benzene rings is 1. The molecule has 0 fully saturated rings. The lowest BCUT2D eigenvalue weighted by atomic mass is 9.82. The molecule has 0 radical (unpaired) electrons. The number of hydrogen-bond donors (Lipinski definition) is 0. The number of Topliss-reactive ketones (excluding diaryl/α,β-unsaturated/α-hetero) is 1. The van der Waals surface area contributed by atoms with Gasteiger partial charge >= 0.3 is 0 Å². The number of carbonyl (C=O) groups is 1. The molecule has 0 bridgehead atoms. The first-order chi connectivity index (χ1) is 7.31. The van der Waals surface area contributed by atoms with E-state index in [4.69, 9.17) is 0 Å². The number of carbonyl (C=O) groups excluding carboxylic acids is 1. The van der Waals surface area contributed by atoms with Crippen LogP contribution in [0.2, 0.25) is 0 Å². The van der Waals surface area contributed by atoms with Crippen molar-refractivity contribution in [3.05, 3.63) is 35.1 Å². The van der Waals surface area contributed by atoms with Crippen LogP contribution in [0.5, 0.6) is 0 Å². The SMILES string of the molecule is CCC(C)(C)C(=O)c1ccc(F)c(F)c1F. The van der Waals surface area contributed by atoms with E-state index in [9.17, 15) is 18.0 Å². The van der Waals surface area contributed by atoms with Crippen molar-refractivity contribution in [1.29, 1.82) is 0 Å². The minimum Gasteiger partial charge on any atom is -0.293 e. The van der Waals surface area contributed by atoms with E-state index in [-0.39, 0.29) is 0 Å². The van der Waals surface area contributed by atoms with Crippen LogP contribution >= 0.6 is 0 Å². The van der Waals surface area contributed by atoms with Crippen LogP contribution in [0.3, 0.4) is 0 Å². The second kappa shape index (κ2) is 4.28. The van der Waals surface area contributed by atoms with Crippen LogP contribution in [0.1, 0.15) is 37.6 Å². The topological polar surface area (TPSA) is 17.1 Å². The van der Waals surface area contributed by atoms with Crippen molar-refractivity contribution in [1.82, 2.24) is 0 Å². The van der Waals surface area contributed by atoms with Crippen LogP contribution in [0, 0.1) is 22.9 Å². The molecule has 0 aliphatic rings. The first kappa shape index (κ1) is 12.7. The van der Waals surface area contributed by atoms with E-state index in [0.717, 1.165) is 12.1 Å². The summed E-state index contributed by atoms with van der Waals surface area (Å²) < 4.78 is 39.0. The summed E-state index contributed by atoms with van der Waals surface area (Å²) in [6.07, 6.45) is 0.490. The van der Waals surface area contributed by atoms with Crippen molar-refractivity contribution in [2.45, 2.75) is 27.2 Å². The Bertz CT molecular complexity index is 425. The van der Waals surface area contributed by atoms with Gasteiger partial charge in [0.1, 0.15) is 0 Å². The fourth-order valence-electron chi connectivity index (χ4n) is 1.23. The highest BCUT2D eigenvalue weighted by molar-refractivity contribution is 6.00. The molecule has 0 aromatic heterocycles. The predicted octanol–water partition coefficient (Wildman–Crippen LogP) is 3.72. The Hall–Kier alpha value is -1.32. The molecule has 4 heteroatoms. The van der Waals surface area contributed by atoms with Crippen molar-refractivity contribution >= 4 is 5.78 Å². The minimum atomic E-state index is -1.60. The second-order valence-corrected chi connectivity index (χ2v) is 4.29. The Kier molecular flexibility index (Phi) is 3.41. The van der Waals surface area contributed by atoms with E-state index in [2.05, 4.69) is 0 Å². The van der Waals surface area contributed by atoms with Gasteiger partial charge in [-0.1, -0.05) is 20.8 Å². The molecule has 1 aromatic carbocycles. The molecule has 88 valence electrons. The quantitative estimate of drug-likeness (QED) is 0.571. The van der Waals surface area contributed by atoms with E-state index in [1.165, 1.54) is 0 Å². The summed E-state index contributed by atoms with van der Waals surface area (Å²) in [6, 6.07) is 1.74. The molecule has 0 aliphatic carbocycles. The predicted molar refractivity (Wildman–Crippen MR) is 54.7 cm³/mol. The summed E-state index contributed by atoms with van der Waals surface area (Å²) in [6.45, 7) is 5.04. The molecule has 1 nitrogen and oxygen atoms in total. The Labute approximate surface area is 92.3 Å². The zero-order chi connectivity index (χ0) is 12.5. The van der Waals surface area contributed by atoms with Gasteiger partial charge in [0, 0.05) is 5.41 Å². The van der Waals surface area contributed by atoms with E-state index >= 15 is 0 Å². The summed E-state index contributed by atoms with van der Waals surface area (Å²) in [4.78, 5) is 11.9. The lowest BCUT2D eigenvalue weighted by Gasteiger charge is -2.21. The molecule has 0 spiro atoms. The van der Waals surface area contributed by atoms with Gasteiger partial charge in [-0.15, -0.1) is 0 Å². The van der Waals surface area contributed by atoms with Gasteiger partial charge in [0.2, 0.25) is 0 Å². The van der Waals surface area contributed by atoms with Gasteiger partial charge in [0.15, 0.2) is 23.2 Å². The zero-order valence-corrected chi connectivity index (χ0v) is 9.40. The molecule has 0 aliphatic heterocycles. The summed E-state index contributed by atoms with van der Waals surface area (Å²) in [7, 11) is 0. The molecule has 0 heterocycles. The third kappa shape index (κ3) is 2.10. The van der Waals surface area contributed by atoms with Gasteiger partial charge in [-0.05, 0) is 18.6 Å². The van der Waals surface area contributed by atoms with Gasteiger partial charge < -0.3 is 0 Å². The van der Waals surface area contributed by atoms with Crippen LogP contribution in [-0.4, -0.2) is 5.78 Å². The van der Waals surface area contributed by atoms with Crippen LogP contribution in [0.15, 0.2) is 12.1 Å². The smallest absolute Gasteiger partial charge is 0.195 e. The average molecular weight is 230 g/mol. The molecule has 16 heavy (non-hydrogen) atoms. The molecule has 1 rings (SSSR count). The van der Waals surface area contributed by atoms with Crippen LogP contribution in [-0.2, 0) is 0 Å². The average Bonchev–Trinajstić information content (AvgIpc) is 2.25. The Balaban J connectivity index is 3.26. The molecule has 0 unspecified atom stereocenters. The first-order valence-corrected chi connectivity index (χ1v) is 4.99. The minimum absolute atomic E-state index is 0.397. The summed E-state index contributed by atoms with van der Waals surface area (Å²) in [5.41, 5.74) is -1.18. The van der Waals surface area contributed by atoms with Gasteiger partial charge in [-0.2, -0.15) is 0 Å². The molecular weight excluding hydrogens is 217 g/mol. The Morgan fingerprint density at radius 1 is 1.19 bits per heavy atom. The van der Waals surface area contributed by atoms with E-state index < -0.39 is 34.2 Å². The molecule has 1 aromatic rings. The summed E-state index contributed by atoms with van der Waals surface area (Å²) >= 11 is 0. The third-order valence-corrected chi connectivity index (χ3v) is 2.78. The Morgan fingerprint density at radius 2 is 1.75 bits per heavy atom. The highest BCUT2D eigenvalue weighted by Gasteiger charge is 2.30. The van der Waals surface area contributed by atoms with Crippen molar-refractivity contribution < 1.29 is 18.0 Å². The van der Waals surface area contributed by atoms with E-state index in [1.54, 1.807) is 20.8 Å². The summed E-state index contributed by atoms with van der Waals surface area (Å²) in [5.74, 6) is -4.82. The number of ketones is 1. The highest BCUT2D eigenvalue weighted by atomic mass is 19.2. The van der Waals surface area contributed by atoms with Crippen LogP contribution in [0.25, 0.3) is 0 Å². The summed E-state index contributed by atoms with van der Waals surface area (Å²) in [5, 5.41) is 0. The highest BCUT2D eigenvalue weighted by Crippen LogP contribution is 2.28. The molecule has 0 atom stereocenters. The Morgan fingerprint density at radius 3 is 2.25 bits per heavy atom. The van der Waals surface area contributed by atoms with Crippen molar-refractivity contribution in [2.24, 2.45) is 5.41 Å². The maximum atomic E-state index is 13.3. The second-order valence-electron chi connectivity index (χ2n) is 4.29. The van der Waals surface area contributed by atoms with Crippen molar-refractivity contribution in [2.75, 3.05) is 0 Å². The zero-order valence-electron chi connectivity index (χ0n) is 9.40. The first-order valence-electron chi connectivity index (χ1n) is 4.99. The van der Waals surface area contributed by atoms with Crippen molar-refractivity contribution in [3.63, 3.8) is 0 Å². The van der Waals surface area contributed by atoms with Crippen LogP contribution < -0.4 is 0 Å². The van der Waals surface area contributed by atoms with Crippen molar-refractivity contribution in [3.8, 4) is 0 Å². The molecule has 0 N–H and O–H groups in total.